The van der Waals surface area contributed by atoms with Gasteiger partial charge in [0.2, 0.25) is 0 Å². The lowest BCUT2D eigenvalue weighted by Crippen LogP contribution is -2.32. The van der Waals surface area contributed by atoms with Crippen LogP contribution in [0.25, 0.3) is 0 Å². The normalized spacial score (nSPS) is 24.5. The second-order valence-corrected chi connectivity index (χ2v) is 4.54. The van der Waals surface area contributed by atoms with Crippen LogP contribution >= 0.6 is 0 Å². The van der Waals surface area contributed by atoms with Crippen LogP contribution in [-0.2, 0) is 0 Å². The maximum Gasteiger partial charge on any atom is 0.323 e. The van der Waals surface area contributed by atoms with Crippen LogP contribution in [-0.4, -0.2) is 33.6 Å². The molecule has 0 bridgehead atoms. The number of hydrogen-bond acceptors (Lipinski definition) is 3. The van der Waals surface area contributed by atoms with Crippen molar-refractivity contribution in [1.29, 1.82) is 0 Å². The average molecular weight is 239 g/mol. The molecule has 0 aliphatic heterocycles. The minimum atomic E-state index is -0.379. The SMILES string of the molecule is O=C(NCC1CCC(O)CC1)c1c[nH]c(=O)[nH]1. The van der Waals surface area contributed by atoms with E-state index in [-0.39, 0.29) is 23.4 Å². The highest BCUT2D eigenvalue weighted by Crippen LogP contribution is 2.23. The van der Waals surface area contributed by atoms with E-state index in [0.29, 0.717) is 12.5 Å². The number of aliphatic hydroxyl groups excluding tert-OH is 1. The molecule has 1 aromatic heterocycles. The van der Waals surface area contributed by atoms with Gasteiger partial charge in [0, 0.05) is 12.7 Å². The van der Waals surface area contributed by atoms with Crippen molar-refractivity contribution in [3.63, 3.8) is 0 Å². The van der Waals surface area contributed by atoms with Gasteiger partial charge in [-0.15, -0.1) is 0 Å². The molecular weight excluding hydrogens is 222 g/mol. The molecule has 0 radical (unpaired) electrons. The lowest BCUT2D eigenvalue weighted by Gasteiger charge is -2.25. The number of imidazole rings is 1. The Kier molecular flexibility index (Phi) is 3.63. The van der Waals surface area contributed by atoms with Gasteiger partial charge in [0.25, 0.3) is 5.91 Å². The standard InChI is InChI=1S/C11H17N3O3/c15-8-3-1-7(2-4-8)5-12-10(16)9-6-13-11(17)14-9/h6-8,15H,1-5H2,(H,12,16)(H2,13,14,17). The predicted molar refractivity (Wildman–Crippen MR) is 61.7 cm³/mol. The number of carbonyl (C=O) groups excluding carboxylic acids is 1. The first-order valence-corrected chi connectivity index (χ1v) is 5.89. The Balaban J connectivity index is 1.78. The Morgan fingerprint density at radius 2 is 2.12 bits per heavy atom. The van der Waals surface area contributed by atoms with Crippen LogP contribution in [0, 0.1) is 5.92 Å². The first-order chi connectivity index (χ1) is 8.15. The van der Waals surface area contributed by atoms with Crippen molar-refractivity contribution in [3.8, 4) is 0 Å². The topological polar surface area (TPSA) is 98.0 Å². The number of aromatic nitrogens is 2. The molecule has 2 rings (SSSR count). The van der Waals surface area contributed by atoms with Gasteiger partial charge in [-0.2, -0.15) is 0 Å². The van der Waals surface area contributed by atoms with Crippen LogP contribution in [0.2, 0.25) is 0 Å². The zero-order valence-corrected chi connectivity index (χ0v) is 9.53. The van der Waals surface area contributed by atoms with Crippen LogP contribution in [0.4, 0.5) is 0 Å². The number of H-pyrrole nitrogens is 2. The van der Waals surface area contributed by atoms with Crippen molar-refractivity contribution in [3.05, 3.63) is 22.4 Å². The minimum Gasteiger partial charge on any atom is -0.393 e. The van der Waals surface area contributed by atoms with E-state index >= 15 is 0 Å². The van der Waals surface area contributed by atoms with E-state index < -0.39 is 0 Å². The van der Waals surface area contributed by atoms with Crippen LogP contribution in [0.5, 0.6) is 0 Å². The first kappa shape index (κ1) is 11.9. The van der Waals surface area contributed by atoms with Crippen LogP contribution < -0.4 is 11.0 Å². The van der Waals surface area contributed by atoms with Gasteiger partial charge in [-0.3, -0.25) is 4.79 Å². The molecule has 1 amide bonds. The van der Waals surface area contributed by atoms with Crippen LogP contribution in [0.3, 0.4) is 0 Å². The molecule has 1 heterocycles. The number of aliphatic hydroxyl groups is 1. The fourth-order valence-electron chi connectivity index (χ4n) is 2.14. The molecule has 0 aromatic carbocycles. The molecule has 1 fully saturated rings. The van der Waals surface area contributed by atoms with Crippen LogP contribution in [0.15, 0.2) is 11.0 Å². The maximum absolute atomic E-state index is 11.6. The zero-order valence-electron chi connectivity index (χ0n) is 9.53. The summed E-state index contributed by atoms with van der Waals surface area (Å²) in [4.78, 5) is 27.2. The summed E-state index contributed by atoms with van der Waals surface area (Å²) in [6, 6.07) is 0. The molecule has 0 unspecified atom stereocenters. The fourth-order valence-corrected chi connectivity index (χ4v) is 2.14. The van der Waals surface area contributed by atoms with Crippen molar-refractivity contribution < 1.29 is 9.90 Å². The van der Waals surface area contributed by atoms with Crippen LogP contribution in [0.1, 0.15) is 36.2 Å². The Hall–Kier alpha value is -1.56. The summed E-state index contributed by atoms with van der Waals surface area (Å²) in [5.41, 5.74) is -0.123. The largest absolute Gasteiger partial charge is 0.393 e. The highest BCUT2D eigenvalue weighted by Gasteiger charge is 2.20. The maximum atomic E-state index is 11.6. The number of carbonyl (C=O) groups is 1. The van der Waals surface area contributed by atoms with Gasteiger partial charge in [-0.1, -0.05) is 0 Å². The molecule has 0 spiro atoms. The molecule has 4 N–H and O–H groups in total. The number of amides is 1. The number of rotatable bonds is 3. The molecule has 1 saturated carbocycles. The quantitative estimate of drug-likeness (QED) is 0.597. The second-order valence-electron chi connectivity index (χ2n) is 4.54. The fraction of sp³-hybridized carbons (Fsp3) is 0.636. The zero-order chi connectivity index (χ0) is 12.3. The monoisotopic (exact) mass is 239 g/mol. The summed E-state index contributed by atoms with van der Waals surface area (Å²) in [6.45, 7) is 0.596. The van der Waals surface area contributed by atoms with Crippen molar-refractivity contribution in [1.82, 2.24) is 15.3 Å². The Morgan fingerprint density at radius 1 is 1.41 bits per heavy atom. The van der Waals surface area contributed by atoms with Crippen molar-refractivity contribution in [2.45, 2.75) is 31.8 Å². The number of hydrogen-bond donors (Lipinski definition) is 4. The molecular formula is C11H17N3O3. The molecule has 0 atom stereocenters. The highest BCUT2D eigenvalue weighted by atomic mass is 16.3. The van der Waals surface area contributed by atoms with Gasteiger partial charge in [0.1, 0.15) is 5.69 Å². The Bertz CT molecular complexity index is 429. The van der Waals surface area contributed by atoms with Crippen molar-refractivity contribution in [2.24, 2.45) is 5.92 Å². The van der Waals surface area contributed by atoms with Crippen molar-refractivity contribution in [2.75, 3.05) is 6.54 Å². The molecule has 1 aliphatic carbocycles. The van der Waals surface area contributed by atoms with Crippen molar-refractivity contribution >= 4 is 5.91 Å². The number of nitrogens with one attached hydrogen (secondary N) is 3. The molecule has 17 heavy (non-hydrogen) atoms. The lowest BCUT2D eigenvalue weighted by atomic mass is 9.87. The minimum absolute atomic E-state index is 0.178. The van der Waals surface area contributed by atoms with E-state index in [1.165, 1.54) is 6.20 Å². The average Bonchev–Trinajstić information content (AvgIpc) is 2.75. The van der Waals surface area contributed by atoms with E-state index in [1.807, 2.05) is 0 Å². The summed E-state index contributed by atoms with van der Waals surface area (Å²) < 4.78 is 0. The smallest absolute Gasteiger partial charge is 0.323 e. The third-order valence-corrected chi connectivity index (χ3v) is 3.21. The lowest BCUT2D eigenvalue weighted by molar-refractivity contribution is 0.0906. The van der Waals surface area contributed by atoms with Gasteiger partial charge in [0.05, 0.1) is 6.10 Å². The summed E-state index contributed by atoms with van der Waals surface area (Å²) in [5, 5.41) is 12.1. The third kappa shape index (κ3) is 3.20. The highest BCUT2D eigenvalue weighted by molar-refractivity contribution is 5.91. The molecule has 1 aromatic rings. The van der Waals surface area contributed by atoms with E-state index in [1.54, 1.807) is 0 Å². The molecule has 1 aliphatic rings. The predicted octanol–water partition coefficient (Wildman–Crippen LogP) is -0.0161. The molecule has 94 valence electrons. The Morgan fingerprint density at radius 3 is 2.71 bits per heavy atom. The van der Waals surface area contributed by atoms with E-state index in [4.69, 9.17) is 0 Å². The molecule has 0 saturated heterocycles. The molecule has 6 heteroatoms. The van der Waals surface area contributed by atoms with Gasteiger partial charge in [0.15, 0.2) is 0 Å². The summed E-state index contributed by atoms with van der Waals surface area (Å²) in [7, 11) is 0. The first-order valence-electron chi connectivity index (χ1n) is 5.89. The van der Waals surface area contributed by atoms with E-state index in [9.17, 15) is 14.7 Å². The Labute approximate surface area is 98.4 Å². The second kappa shape index (κ2) is 5.18. The van der Waals surface area contributed by atoms with Gasteiger partial charge in [-0.25, -0.2) is 4.79 Å². The van der Waals surface area contributed by atoms with Gasteiger partial charge < -0.3 is 20.4 Å². The number of aromatic amines is 2. The summed E-state index contributed by atoms with van der Waals surface area (Å²) in [6.07, 6.45) is 4.67. The summed E-state index contributed by atoms with van der Waals surface area (Å²) in [5.74, 6) is 0.155. The van der Waals surface area contributed by atoms with E-state index in [0.717, 1.165) is 25.7 Å². The van der Waals surface area contributed by atoms with Gasteiger partial charge in [-0.05, 0) is 31.6 Å². The third-order valence-electron chi connectivity index (χ3n) is 3.21. The summed E-state index contributed by atoms with van der Waals surface area (Å²) >= 11 is 0. The van der Waals surface area contributed by atoms with Gasteiger partial charge >= 0.3 is 5.69 Å². The molecule has 6 nitrogen and oxygen atoms in total. The van der Waals surface area contributed by atoms with E-state index in [2.05, 4.69) is 15.3 Å².